The molecule has 0 unspecified atom stereocenters. The molecule has 0 radical (unpaired) electrons. The Morgan fingerprint density at radius 2 is 1.60 bits per heavy atom. The number of ketones is 1. The Morgan fingerprint density at radius 1 is 0.950 bits per heavy atom. The largest absolute Gasteiger partial charge is 0.453 e. The van der Waals surface area contributed by atoms with Crippen LogP contribution in [0.3, 0.4) is 0 Å². The average molecular weight is 350 g/mol. The van der Waals surface area contributed by atoms with Gasteiger partial charge in [-0.05, 0) is 37.3 Å². The molecule has 0 saturated carbocycles. The fourth-order valence-electron chi connectivity index (χ4n) is 1.59. The normalized spacial score (nSPS) is 10.4. The third kappa shape index (κ3) is 3.39. The van der Waals surface area contributed by atoms with Gasteiger partial charge in [-0.25, -0.2) is 0 Å². The summed E-state index contributed by atoms with van der Waals surface area (Å²) in [5.41, 5.74) is 0.286. The number of Topliss-reactive ketones (excluding diaryl/α,β-unsaturated/α-hetero) is 1. The third-order valence-electron chi connectivity index (χ3n) is 2.49. The lowest BCUT2D eigenvalue weighted by atomic mass is 10.1. The van der Waals surface area contributed by atoms with E-state index in [1.807, 2.05) is 0 Å². The molecule has 0 bridgehead atoms. The molecule has 0 amide bonds. The number of hydrogen-bond donors (Lipinski definition) is 0. The monoisotopic (exact) mass is 348 g/mol. The van der Waals surface area contributed by atoms with Crippen molar-refractivity contribution in [3.05, 3.63) is 56.0 Å². The Balaban J connectivity index is 2.50. The van der Waals surface area contributed by atoms with Crippen molar-refractivity contribution in [3.8, 4) is 11.5 Å². The lowest BCUT2D eigenvalue weighted by Gasteiger charge is -2.13. The lowest BCUT2D eigenvalue weighted by Crippen LogP contribution is -1.98. The Hall–Kier alpha value is -0.930. The van der Waals surface area contributed by atoms with Crippen LogP contribution in [0.25, 0.3) is 0 Å². The Morgan fingerprint density at radius 3 is 2.20 bits per heavy atom. The standard InChI is InChI=1S/C14H8Cl4O2/c1-7(19)10-4-9(16)6-12(18)14(10)20-13-3-2-8(15)5-11(13)17/h2-6H,1H3. The number of ether oxygens (including phenoxy) is 1. The van der Waals surface area contributed by atoms with Crippen LogP contribution in [0.2, 0.25) is 20.1 Å². The van der Waals surface area contributed by atoms with Gasteiger partial charge in [-0.1, -0.05) is 46.4 Å². The molecule has 104 valence electrons. The molecule has 0 aliphatic heterocycles. The zero-order valence-corrected chi connectivity index (χ0v) is 13.2. The highest BCUT2D eigenvalue weighted by atomic mass is 35.5. The highest BCUT2D eigenvalue weighted by Gasteiger charge is 2.16. The summed E-state index contributed by atoms with van der Waals surface area (Å²) in [5.74, 6) is 0.352. The van der Waals surface area contributed by atoms with Gasteiger partial charge in [-0.15, -0.1) is 0 Å². The predicted octanol–water partition coefficient (Wildman–Crippen LogP) is 6.30. The molecule has 0 N–H and O–H groups in total. The molecule has 6 heteroatoms. The summed E-state index contributed by atoms with van der Waals surface area (Å²) in [4.78, 5) is 11.6. The minimum absolute atomic E-state index is 0.213. The Labute approximate surface area is 136 Å². The van der Waals surface area contributed by atoms with E-state index in [2.05, 4.69) is 0 Å². The molecule has 0 atom stereocenters. The first-order valence-electron chi connectivity index (χ1n) is 5.51. The molecule has 2 rings (SSSR count). The molecule has 0 aliphatic rings. The van der Waals surface area contributed by atoms with Crippen molar-refractivity contribution in [1.82, 2.24) is 0 Å². The number of hydrogen-bond acceptors (Lipinski definition) is 2. The van der Waals surface area contributed by atoms with E-state index in [-0.39, 0.29) is 22.1 Å². The summed E-state index contributed by atoms with van der Waals surface area (Å²) in [7, 11) is 0. The summed E-state index contributed by atoms with van der Waals surface area (Å²) in [6.07, 6.45) is 0. The minimum Gasteiger partial charge on any atom is -0.453 e. The fourth-order valence-corrected chi connectivity index (χ4v) is 2.57. The zero-order chi connectivity index (χ0) is 14.9. The highest BCUT2D eigenvalue weighted by molar-refractivity contribution is 6.37. The summed E-state index contributed by atoms with van der Waals surface area (Å²) in [6.45, 7) is 1.40. The van der Waals surface area contributed by atoms with Gasteiger partial charge in [0.1, 0.15) is 5.75 Å². The van der Waals surface area contributed by atoms with Crippen LogP contribution in [0.1, 0.15) is 17.3 Å². The van der Waals surface area contributed by atoms with E-state index in [0.717, 1.165) is 0 Å². The van der Waals surface area contributed by atoms with Gasteiger partial charge in [0, 0.05) is 10.0 Å². The Kier molecular flexibility index (Phi) is 4.82. The molecular formula is C14H8Cl4O2. The van der Waals surface area contributed by atoms with E-state index in [0.29, 0.717) is 20.8 Å². The molecule has 2 aromatic rings. The van der Waals surface area contributed by atoms with Crippen LogP contribution in [0.15, 0.2) is 30.3 Å². The van der Waals surface area contributed by atoms with Gasteiger partial charge in [0.25, 0.3) is 0 Å². The van der Waals surface area contributed by atoms with E-state index in [9.17, 15) is 4.79 Å². The summed E-state index contributed by atoms with van der Waals surface area (Å²) < 4.78 is 5.64. The topological polar surface area (TPSA) is 26.3 Å². The third-order valence-corrected chi connectivity index (χ3v) is 3.52. The molecule has 0 aliphatic carbocycles. The zero-order valence-electron chi connectivity index (χ0n) is 10.2. The summed E-state index contributed by atoms with van der Waals surface area (Å²) in [6, 6.07) is 7.75. The second-order valence-electron chi connectivity index (χ2n) is 4.00. The van der Waals surface area contributed by atoms with E-state index in [1.165, 1.54) is 25.1 Å². The summed E-state index contributed by atoms with van der Waals surface area (Å²) in [5, 5.41) is 1.39. The highest BCUT2D eigenvalue weighted by Crippen LogP contribution is 2.38. The van der Waals surface area contributed by atoms with Crippen LogP contribution >= 0.6 is 46.4 Å². The van der Waals surface area contributed by atoms with E-state index in [4.69, 9.17) is 51.1 Å². The first kappa shape index (κ1) is 15.5. The van der Waals surface area contributed by atoms with E-state index in [1.54, 1.807) is 12.1 Å². The molecule has 2 aromatic carbocycles. The summed E-state index contributed by atoms with van der Waals surface area (Å²) >= 11 is 23.8. The van der Waals surface area contributed by atoms with Gasteiger partial charge in [0.15, 0.2) is 11.5 Å². The van der Waals surface area contributed by atoms with Crippen LogP contribution < -0.4 is 4.74 Å². The maximum absolute atomic E-state index is 11.6. The minimum atomic E-state index is -0.213. The molecule has 0 aromatic heterocycles. The van der Waals surface area contributed by atoms with Crippen molar-refractivity contribution in [2.45, 2.75) is 6.92 Å². The number of halogens is 4. The number of carbonyl (C=O) groups is 1. The first-order chi connectivity index (χ1) is 9.38. The van der Waals surface area contributed by atoms with Crippen molar-refractivity contribution in [3.63, 3.8) is 0 Å². The maximum atomic E-state index is 11.6. The van der Waals surface area contributed by atoms with E-state index >= 15 is 0 Å². The quantitative estimate of drug-likeness (QED) is 0.608. The van der Waals surface area contributed by atoms with Gasteiger partial charge in [-0.2, -0.15) is 0 Å². The molecule has 20 heavy (non-hydrogen) atoms. The van der Waals surface area contributed by atoms with Crippen molar-refractivity contribution in [2.75, 3.05) is 0 Å². The Bertz CT molecular complexity index is 683. The first-order valence-corrected chi connectivity index (χ1v) is 7.02. The van der Waals surface area contributed by atoms with Crippen molar-refractivity contribution in [1.29, 1.82) is 0 Å². The van der Waals surface area contributed by atoms with Crippen LogP contribution in [0.4, 0.5) is 0 Å². The van der Waals surface area contributed by atoms with Crippen LogP contribution in [-0.2, 0) is 0 Å². The molecule has 0 saturated heterocycles. The molecule has 0 heterocycles. The maximum Gasteiger partial charge on any atom is 0.163 e. The van der Waals surface area contributed by atoms with Crippen LogP contribution in [0, 0.1) is 0 Å². The van der Waals surface area contributed by atoms with Crippen LogP contribution in [-0.4, -0.2) is 5.78 Å². The van der Waals surface area contributed by atoms with Gasteiger partial charge in [0.2, 0.25) is 0 Å². The van der Waals surface area contributed by atoms with Gasteiger partial charge >= 0.3 is 0 Å². The second-order valence-corrected chi connectivity index (χ2v) is 5.68. The van der Waals surface area contributed by atoms with Crippen molar-refractivity contribution < 1.29 is 9.53 Å². The van der Waals surface area contributed by atoms with Crippen molar-refractivity contribution in [2.24, 2.45) is 0 Å². The van der Waals surface area contributed by atoms with E-state index < -0.39 is 0 Å². The predicted molar refractivity (Wildman–Crippen MR) is 83.0 cm³/mol. The number of benzene rings is 2. The van der Waals surface area contributed by atoms with Gasteiger partial charge < -0.3 is 4.74 Å². The van der Waals surface area contributed by atoms with Gasteiger partial charge in [0.05, 0.1) is 15.6 Å². The lowest BCUT2D eigenvalue weighted by molar-refractivity contribution is 0.101. The van der Waals surface area contributed by atoms with Gasteiger partial charge in [-0.3, -0.25) is 4.79 Å². The molecule has 2 nitrogen and oxygen atoms in total. The smallest absolute Gasteiger partial charge is 0.163 e. The van der Waals surface area contributed by atoms with Crippen molar-refractivity contribution >= 4 is 52.2 Å². The fraction of sp³-hybridized carbons (Fsp3) is 0.0714. The average Bonchev–Trinajstić information content (AvgIpc) is 2.34. The molecular weight excluding hydrogens is 342 g/mol. The number of rotatable bonds is 3. The number of carbonyl (C=O) groups excluding carboxylic acids is 1. The SMILES string of the molecule is CC(=O)c1cc(Cl)cc(Cl)c1Oc1ccc(Cl)cc1Cl. The van der Waals surface area contributed by atoms with Crippen LogP contribution in [0.5, 0.6) is 11.5 Å². The molecule has 0 spiro atoms. The second kappa shape index (κ2) is 6.23. The molecule has 0 fully saturated rings.